The Hall–Kier alpha value is -1.52. The Morgan fingerprint density at radius 1 is 1.35 bits per heavy atom. The largest absolute Gasteiger partial charge is 0.356 e. The molecule has 1 aliphatic carbocycles. The molecule has 2 N–H and O–H groups in total. The van der Waals surface area contributed by atoms with Gasteiger partial charge in [-0.2, -0.15) is 0 Å². The molecule has 3 rings (SSSR count). The van der Waals surface area contributed by atoms with Crippen molar-refractivity contribution in [2.75, 3.05) is 11.9 Å². The van der Waals surface area contributed by atoms with Crippen LogP contribution >= 0.6 is 0 Å². The smallest absolute Gasteiger partial charge is 0.271 e. The number of hydrogen-bond acceptors (Lipinski definition) is 3. The number of imidazole rings is 1. The van der Waals surface area contributed by atoms with Crippen molar-refractivity contribution in [3.8, 4) is 0 Å². The van der Waals surface area contributed by atoms with Gasteiger partial charge in [0.1, 0.15) is 5.69 Å². The minimum atomic E-state index is -0.0278. The van der Waals surface area contributed by atoms with Crippen LogP contribution in [0.25, 0.3) is 0 Å². The van der Waals surface area contributed by atoms with Crippen LogP contribution in [-0.4, -0.2) is 28.0 Å². The standard InChI is InChI=1S/C15H24N4O/c1-10-6-11(2)8-12(7-10)17-14(20)13-9-19-5-3-4-16-15(19)18-13/h9-12H,3-8H2,1-2H3,(H,16,18)(H,17,20). The lowest BCUT2D eigenvalue weighted by atomic mass is 9.80. The third kappa shape index (κ3) is 2.81. The summed E-state index contributed by atoms with van der Waals surface area (Å²) in [6.07, 6.45) is 6.40. The van der Waals surface area contributed by atoms with Crippen LogP contribution in [0, 0.1) is 11.8 Å². The number of hydrogen-bond donors (Lipinski definition) is 2. The molecular weight excluding hydrogens is 252 g/mol. The van der Waals surface area contributed by atoms with Crippen LogP contribution in [0.3, 0.4) is 0 Å². The maximum absolute atomic E-state index is 12.3. The average Bonchev–Trinajstić information content (AvgIpc) is 2.81. The zero-order valence-corrected chi connectivity index (χ0v) is 12.4. The van der Waals surface area contributed by atoms with Crippen molar-refractivity contribution in [2.24, 2.45) is 11.8 Å². The van der Waals surface area contributed by atoms with Crippen LogP contribution in [0.2, 0.25) is 0 Å². The van der Waals surface area contributed by atoms with E-state index in [2.05, 4.69) is 29.5 Å². The number of aromatic nitrogens is 2. The number of fused-ring (bicyclic) bond motifs is 1. The van der Waals surface area contributed by atoms with E-state index in [1.807, 2.05) is 10.8 Å². The molecule has 2 aliphatic rings. The van der Waals surface area contributed by atoms with E-state index in [4.69, 9.17) is 0 Å². The Morgan fingerprint density at radius 2 is 2.10 bits per heavy atom. The third-order valence-corrected chi connectivity index (χ3v) is 4.38. The molecule has 5 nitrogen and oxygen atoms in total. The van der Waals surface area contributed by atoms with Gasteiger partial charge in [0.25, 0.3) is 5.91 Å². The molecule has 1 aromatic rings. The quantitative estimate of drug-likeness (QED) is 0.871. The van der Waals surface area contributed by atoms with Gasteiger partial charge in [-0.1, -0.05) is 13.8 Å². The van der Waals surface area contributed by atoms with E-state index < -0.39 is 0 Å². The molecule has 20 heavy (non-hydrogen) atoms. The summed E-state index contributed by atoms with van der Waals surface area (Å²) < 4.78 is 2.03. The Labute approximate surface area is 120 Å². The normalized spacial score (nSPS) is 29.4. The fraction of sp³-hybridized carbons (Fsp3) is 0.733. The van der Waals surface area contributed by atoms with E-state index >= 15 is 0 Å². The highest BCUT2D eigenvalue weighted by Crippen LogP contribution is 2.28. The van der Waals surface area contributed by atoms with Crippen molar-refractivity contribution in [2.45, 2.75) is 52.1 Å². The van der Waals surface area contributed by atoms with E-state index in [-0.39, 0.29) is 5.91 Å². The second-order valence-corrected chi connectivity index (χ2v) is 6.51. The zero-order chi connectivity index (χ0) is 14.1. The molecule has 1 aliphatic heterocycles. The van der Waals surface area contributed by atoms with Gasteiger partial charge in [-0.25, -0.2) is 4.98 Å². The van der Waals surface area contributed by atoms with E-state index in [1.165, 1.54) is 6.42 Å². The molecule has 5 heteroatoms. The van der Waals surface area contributed by atoms with Crippen LogP contribution in [0.5, 0.6) is 0 Å². The van der Waals surface area contributed by atoms with E-state index in [0.29, 0.717) is 23.6 Å². The lowest BCUT2D eigenvalue weighted by Gasteiger charge is -2.31. The molecule has 0 bridgehead atoms. The first-order valence-corrected chi connectivity index (χ1v) is 7.73. The first-order valence-electron chi connectivity index (χ1n) is 7.73. The van der Waals surface area contributed by atoms with Crippen molar-refractivity contribution in [3.63, 3.8) is 0 Å². The molecule has 0 spiro atoms. The molecule has 0 aromatic carbocycles. The maximum atomic E-state index is 12.3. The van der Waals surface area contributed by atoms with Crippen molar-refractivity contribution in [1.29, 1.82) is 0 Å². The molecule has 1 amide bonds. The molecule has 1 saturated carbocycles. The summed E-state index contributed by atoms with van der Waals surface area (Å²) in [6.45, 7) is 6.43. The molecule has 110 valence electrons. The number of rotatable bonds is 2. The molecular formula is C15H24N4O. The SMILES string of the molecule is CC1CC(C)CC(NC(=O)c2cn3c(n2)NCCC3)C1. The highest BCUT2D eigenvalue weighted by atomic mass is 16.2. The van der Waals surface area contributed by atoms with Crippen LogP contribution < -0.4 is 10.6 Å². The van der Waals surface area contributed by atoms with Crippen LogP contribution in [0.1, 0.15) is 50.0 Å². The number of nitrogens with zero attached hydrogens (tertiary/aromatic N) is 2. The molecule has 0 radical (unpaired) electrons. The summed E-state index contributed by atoms with van der Waals surface area (Å²) in [7, 11) is 0. The summed E-state index contributed by atoms with van der Waals surface area (Å²) in [5.74, 6) is 2.19. The maximum Gasteiger partial charge on any atom is 0.271 e. The monoisotopic (exact) mass is 276 g/mol. The van der Waals surface area contributed by atoms with Crippen LogP contribution in [-0.2, 0) is 6.54 Å². The van der Waals surface area contributed by atoms with Crippen molar-refractivity contribution < 1.29 is 4.79 Å². The zero-order valence-electron chi connectivity index (χ0n) is 12.4. The first kappa shape index (κ1) is 13.5. The van der Waals surface area contributed by atoms with Gasteiger partial charge in [-0.15, -0.1) is 0 Å². The summed E-state index contributed by atoms with van der Waals surface area (Å²) in [5, 5.41) is 6.39. The lowest BCUT2D eigenvalue weighted by Crippen LogP contribution is -2.40. The van der Waals surface area contributed by atoms with Crippen molar-refractivity contribution >= 4 is 11.9 Å². The van der Waals surface area contributed by atoms with Crippen molar-refractivity contribution in [1.82, 2.24) is 14.9 Å². The van der Waals surface area contributed by atoms with Gasteiger partial charge >= 0.3 is 0 Å². The first-order chi connectivity index (χ1) is 9.61. The van der Waals surface area contributed by atoms with E-state index in [9.17, 15) is 4.79 Å². The van der Waals surface area contributed by atoms with Gasteiger partial charge < -0.3 is 15.2 Å². The fourth-order valence-corrected chi connectivity index (χ4v) is 3.61. The van der Waals surface area contributed by atoms with Gasteiger partial charge in [0, 0.05) is 25.3 Å². The van der Waals surface area contributed by atoms with Gasteiger partial charge in [-0.05, 0) is 37.5 Å². The Kier molecular flexibility index (Phi) is 3.68. The summed E-state index contributed by atoms with van der Waals surface area (Å²) >= 11 is 0. The Morgan fingerprint density at radius 3 is 2.80 bits per heavy atom. The predicted octanol–water partition coefficient (Wildman–Crippen LogP) is 2.25. The predicted molar refractivity (Wildman–Crippen MR) is 78.8 cm³/mol. The number of aryl methyl sites for hydroxylation is 1. The fourth-order valence-electron chi connectivity index (χ4n) is 3.61. The molecule has 1 fully saturated rings. The minimum absolute atomic E-state index is 0.0278. The second-order valence-electron chi connectivity index (χ2n) is 6.51. The molecule has 2 atom stereocenters. The minimum Gasteiger partial charge on any atom is -0.356 e. The Bertz CT molecular complexity index is 463. The summed E-state index contributed by atoms with van der Waals surface area (Å²) in [5.41, 5.74) is 0.542. The Balaban J connectivity index is 1.65. The van der Waals surface area contributed by atoms with Crippen molar-refractivity contribution in [3.05, 3.63) is 11.9 Å². The van der Waals surface area contributed by atoms with Crippen LogP contribution in [0.15, 0.2) is 6.20 Å². The molecule has 0 saturated heterocycles. The van der Waals surface area contributed by atoms with Gasteiger partial charge in [-0.3, -0.25) is 4.79 Å². The number of carbonyl (C=O) groups is 1. The highest BCUT2D eigenvalue weighted by Gasteiger charge is 2.26. The highest BCUT2D eigenvalue weighted by molar-refractivity contribution is 5.92. The average molecular weight is 276 g/mol. The topological polar surface area (TPSA) is 59.0 Å². The van der Waals surface area contributed by atoms with Gasteiger partial charge in [0.05, 0.1) is 0 Å². The van der Waals surface area contributed by atoms with E-state index in [1.54, 1.807) is 0 Å². The number of anilines is 1. The lowest BCUT2D eigenvalue weighted by molar-refractivity contribution is 0.0906. The second kappa shape index (κ2) is 5.46. The number of nitrogens with one attached hydrogen (secondary N) is 2. The van der Waals surface area contributed by atoms with Gasteiger partial charge in [0.15, 0.2) is 0 Å². The molecule has 2 heterocycles. The van der Waals surface area contributed by atoms with Gasteiger partial charge in [0.2, 0.25) is 5.95 Å². The number of amides is 1. The van der Waals surface area contributed by atoms with Crippen LogP contribution in [0.4, 0.5) is 5.95 Å². The molecule has 2 unspecified atom stereocenters. The third-order valence-electron chi connectivity index (χ3n) is 4.38. The number of carbonyl (C=O) groups excluding carboxylic acids is 1. The summed E-state index contributed by atoms with van der Waals surface area (Å²) in [4.78, 5) is 16.7. The summed E-state index contributed by atoms with van der Waals surface area (Å²) in [6, 6.07) is 0.299. The van der Waals surface area contributed by atoms with E-state index in [0.717, 1.165) is 38.3 Å². The molecule has 1 aromatic heterocycles.